The fourth-order valence-corrected chi connectivity index (χ4v) is 6.48. The molecule has 2 atom stereocenters. The number of nitro benzene ring substituents is 1. The van der Waals surface area contributed by atoms with Crippen molar-refractivity contribution in [3.05, 3.63) is 88.9 Å². The van der Waals surface area contributed by atoms with E-state index < -0.39 is 22.6 Å². The van der Waals surface area contributed by atoms with Crippen molar-refractivity contribution in [2.75, 3.05) is 48.8 Å². The van der Waals surface area contributed by atoms with E-state index in [2.05, 4.69) is 20.4 Å². The van der Waals surface area contributed by atoms with Gasteiger partial charge in [-0.15, -0.1) is 0 Å². The second kappa shape index (κ2) is 11.9. The molecule has 2 aliphatic rings. The van der Waals surface area contributed by atoms with Crippen LogP contribution in [0.15, 0.2) is 67.1 Å². The number of pyridine rings is 1. The summed E-state index contributed by atoms with van der Waals surface area (Å²) in [5, 5.41) is 20.3. The number of rotatable bonds is 3. The Morgan fingerprint density at radius 3 is 2.64 bits per heavy atom. The Kier molecular flexibility index (Phi) is 7.58. The molecule has 1 fully saturated rings. The number of carbonyl (C=O) groups excluding carboxylic acids is 1. The Labute approximate surface area is 267 Å². The second-order valence-corrected chi connectivity index (χ2v) is 11.7. The highest BCUT2D eigenvalue weighted by Crippen LogP contribution is 2.38. The first kappa shape index (κ1) is 30.0. The number of hydrogen-bond acceptors (Lipinski definition) is 10. The normalized spacial score (nSPS) is 18.5. The van der Waals surface area contributed by atoms with E-state index >= 15 is 0 Å². The van der Waals surface area contributed by atoms with Crippen molar-refractivity contribution in [2.24, 2.45) is 0 Å². The van der Waals surface area contributed by atoms with E-state index in [9.17, 15) is 23.7 Å². The lowest BCUT2D eigenvalue weighted by Crippen LogP contribution is -2.45. The molecule has 0 unspecified atom stereocenters. The molecule has 5 aromatic rings. The highest BCUT2D eigenvalue weighted by atomic mass is 19.1. The maximum absolute atomic E-state index is 14.7. The predicted molar refractivity (Wildman–Crippen MR) is 172 cm³/mol. The molecule has 240 valence electrons. The van der Waals surface area contributed by atoms with Gasteiger partial charge in [0.2, 0.25) is 5.91 Å². The van der Waals surface area contributed by atoms with Crippen LogP contribution in [0.3, 0.4) is 0 Å². The lowest BCUT2D eigenvalue weighted by Gasteiger charge is -2.29. The van der Waals surface area contributed by atoms with Crippen LogP contribution in [0.5, 0.6) is 0 Å². The summed E-state index contributed by atoms with van der Waals surface area (Å²) in [6, 6.07) is 12.8. The quantitative estimate of drug-likeness (QED) is 0.223. The third-order valence-electron chi connectivity index (χ3n) is 8.67. The monoisotopic (exact) mass is 640 g/mol. The molecule has 1 N–H and O–H groups in total. The number of benzene rings is 2. The molecule has 0 radical (unpaired) electrons. The van der Waals surface area contributed by atoms with E-state index in [1.165, 1.54) is 29.3 Å². The van der Waals surface area contributed by atoms with E-state index in [0.717, 1.165) is 12.1 Å². The van der Waals surface area contributed by atoms with Gasteiger partial charge in [0.1, 0.15) is 41.2 Å². The third-order valence-corrected chi connectivity index (χ3v) is 8.67. The Bertz CT molecular complexity index is 2020. The highest BCUT2D eigenvalue weighted by Gasteiger charge is 2.40. The number of para-hydroxylation sites is 1. The minimum absolute atomic E-state index is 0.0183. The number of anilines is 3. The number of halogens is 2. The highest BCUT2D eigenvalue weighted by molar-refractivity contribution is 5.93. The van der Waals surface area contributed by atoms with Crippen LogP contribution in [0, 0.1) is 21.7 Å². The lowest BCUT2D eigenvalue weighted by molar-refractivity contribution is -0.384. The van der Waals surface area contributed by atoms with E-state index in [1.807, 2.05) is 34.1 Å². The van der Waals surface area contributed by atoms with Gasteiger partial charge in [0.25, 0.3) is 5.69 Å². The maximum atomic E-state index is 14.7. The SMILES string of the molecule is CN1CCCN(C)c2c(cccc2[N+](=O)[O-])-c2cccc(n2)N[C@H]2C[C@@H](C1=O)N(c1ncnc3c1cnn3-c1ccc(F)cc1F)C2. The third kappa shape index (κ3) is 5.42. The number of carbonyl (C=O) groups is 1. The fraction of sp³-hybridized carbons (Fsp3) is 0.281. The molecule has 0 aliphatic carbocycles. The van der Waals surface area contributed by atoms with E-state index in [1.54, 1.807) is 25.1 Å². The number of nitrogens with one attached hydrogen (secondary N) is 1. The van der Waals surface area contributed by atoms with Gasteiger partial charge in [-0.2, -0.15) is 5.10 Å². The summed E-state index contributed by atoms with van der Waals surface area (Å²) in [4.78, 5) is 44.8. The number of likely N-dealkylation sites (N-methyl/N-ethyl adjacent to an activating group) is 1. The Balaban J connectivity index is 1.28. The largest absolute Gasteiger partial charge is 0.368 e. The van der Waals surface area contributed by atoms with Crippen molar-refractivity contribution in [3.63, 3.8) is 0 Å². The second-order valence-electron chi connectivity index (χ2n) is 11.7. The molecular formula is C32H30F2N10O3. The standard InChI is InChI=1S/C32H30F2N10O3/c1-40-12-5-13-41(2)32(45)27-15-20(38-28-9-4-7-24(39-28)21-6-3-8-26(29(21)40)44(46)47)17-42(27)30-22-16-37-43(31(22)36-18-35-30)25-11-10-19(33)14-23(25)34/h3-4,6-11,14,16,18,20,27H,5,12-13,15,17H2,1-2H3,(H,38,39)/t20-,27-/m0/s1. The molecule has 1 amide bonds. The van der Waals surface area contributed by atoms with Crippen molar-refractivity contribution in [1.82, 2.24) is 29.6 Å². The van der Waals surface area contributed by atoms with Gasteiger partial charge in [-0.3, -0.25) is 14.9 Å². The average molecular weight is 641 g/mol. The summed E-state index contributed by atoms with van der Waals surface area (Å²) in [5.74, 6) is -0.605. The summed E-state index contributed by atoms with van der Waals surface area (Å²) in [5.41, 5.74) is 2.00. The molecule has 0 saturated carbocycles. The van der Waals surface area contributed by atoms with Crippen molar-refractivity contribution in [1.29, 1.82) is 0 Å². The summed E-state index contributed by atoms with van der Waals surface area (Å²) < 4.78 is 29.6. The molecular weight excluding hydrogens is 610 g/mol. The summed E-state index contributed by atoms with van der Waals surface area (Å²) in [6.07, 6.45) is 3.85. The van der Waals surface area contributed by atoms with Crippen LogP contribution in [-0.4, -0.2) is 86.3 Å². The summed E-state index contributed by atoms with van der Waals surface area (Å²) in [6.45, 7) is 1.24. The van der Waals surface area contributed by atoms with E-state index in [4.69, 9.17) is 4.98 Å². The topological polar surface area (TPSA) is 138 Å². The van der Waals surface area contributed by atoms with E-state index in [0.29, 0.717) is 72.1 Å². The molecule has 3 aromatic heterocycles. The van der Waals surface area contributed by atoms with Crippen molar-refractivity contribution >= 4 is 40.0 Å². The molecule has 1 saturated heterocycles. The van der Waals surface area contributed by atoms with Crippen LogP contribution in [0.4, 0.5) is 31.8 Å². The molecule has 2 aliphatic heterocycles. The maximum Gasteiger partial charge on any atom is 0.293 e. The van der Waals surface area contributed by atoms with Crippen LogP contribution in [-0.2, 0) is 4.79 Å². The number of nitro groups is 1. The van der Waals surface area contributed by atoms with E-state index in [-0.39, 0.29) is 23.3 Å². The van der Waals surface area contributed by atoms with Crippen LogP contribution < -0.4 is 15.1 Å². The first-order valence-electron chi connectivity index (χ1n) is 15.1. The van der Waals surface area contributed by atoms with Gasteiger partial charge in [-0.1, -0.05) is 18.2 Å². The lowest BCUT2D eigenvalue weighted by atomic mass is 10.1. The summed E-state index contributed by atoms with van der Waals surface area (Å²) >= 11 is 0. The van der Waals surface area contributed by atoms with Gasteiger partial charge in [0.15, 0.2) is 11.5 Å². The molecule has 13 nitrogen and oxygen atoms in total. The number of hydrogen-bond donors (Lipinski definition) is 1. The molecule has 2 aromatic carbocycles. The van der Waals surface area contributed by atoms with Crippen molar-refractivity contribution < 1.29 is 18.5 Å². The van der Waals surface area contributed by atoms with Crippen LogP contribution in [0.2, 0.25) is 0 Å². The molecule has 15 heteroatoms. The van der Waals surface area contributed by atoms with Crippen LogP contribution >= 0.6 is 0 Å². The van der Waals surface area contributed by atoms with Gasteiger partial charge >= 0.3 is 0 Å². The number of aromatic nitrogens is 5. The summed E-state index contributed by atoms with van der Waals surface area (Å²) in [7, 11) is 3.54. The molecule has 47 heavy (non-hydrogen) atoms. The predicted octanol–water partition coefficient (Wildman–Crippen LogP) is 4.42. The Hall–Kier alpha value is -5.73. The molecule has 5 heterocycles. The smallest absolute Gasteiger partial charge is 0.293 e. The van der Waals surface area contributed by atoms with Crippen LogP contribution in [0.25, 0.3) is 28.0 Å². The zero-order chi connectivity index (χ0) is 32.8. The van der Waals surface area contributed by atoms with Gasteiger partial charge in [-0.25, -0.2) is 28.4 Å². The number of nitrogens with zero attached hydrogens (tertiary/aromatic N) is 9. The van der Waals surface area contributed by atoms with Crippen LogP contribution in [0.1, 0.15) is 12.8 Å². The molecule has 0 spiro atoms. The Morgan fingerprint density at radius 2 is 1.83 bits per heavy atom. The molecule has 7 rings (SSSR count). The zero-order valence-electron chi connectivity index (χ0n) is 25.5. The fourth-order valence-electron chi connectivity index (χ4n) is 6.48. The number of fused-ring (bicyclic) bond motifs is 7. The number of amides is 1. The first-order chi connectivity index (χ1) is 22.7. The first-order valence-corrected chi connectivity index (χ1v) is 15.1. The van der Waals surface area contributed by atoms with Gasteiger partial charge < -0.3 is 20.0 Å². The van der Waals surface area contributed by atoms with Gasteiger partial charge in [-0.05, 0) is 37.1 Å². The minimum Gasteiger partial charge on any atom is -0.368 e. The van der Waals surface area contributed by atoms with Crippen molar-refractivity contribution in [3.8, 4) is 16.9 Å². The minimum atomic E-state index is -0.791. The van der Waals surface area contributed by atoms with Crippen molar-refractivity contribution in [2.45, 2.75) is 24.9 Å². The van der Waals surface area contributed by atoms with Gasteiger partial charge in [0.05, 0.1) is 22.2 Å². The Morgan fingerprint density at radius 1 is 1.02 bits per heavy atom. The zero-order valence-corrected chi connectivity index (χ0v) is 25.5. The van der Waals surface area contributed by atoms with Gasteiger partial charge in [0, 0.05) is 57.5 Å². The molecule has 4 bridgehead atoms. The average Bonchev–Trinajstić information content (AvgIpc) is 3.68.